The van der Waals surface area contributed by atoms with Gasteiger partial charge in [-0.3, -0.25) is 14.7 Å². The first-order valence-electron chi connectivity index (χ1n) is 12.5. The molecule has 2 heterocycles. The van der Waals surface area contributed by atoms with Crippen molar-refractivity contribution < 1.29 is 4.79 Å². The van der Waals surface area contributed by atoms with Crippen LogP contribution in [0.2, 0.25) is 0 Å². The zero-order valence-electron chi connectivity index (χ0n) is 20.0. The number of nitrogens with one attached hydrogen (secondary N) is 1. The number of pyridine rings is 1. The zero-order valence-corrected chi connectivity index (χ0v) is 20.0. The highest BCUT2D eigenvalue weighted by Crippen LogP contribution is 2.45. The van der Waals surface area contributed by atoms with Crippen LogP contribution in [-0.2, 0) is 5.54 Å². The van der Waals surface area contributed by atoms with Gasteiger partial charge >= 0.3 is 0 Å². The van der Waals surface area contributed by atoms with E-state index in [9.17, 15) is 4.79 Å². The van der Waals surface area contributed by atoms with Crippen LogP contribution in [0.15, 0.2) is 79.1 Å². The third kappa shape index (κ3) is 4.71. The van der Waals surface area contributed by atoms with Crippen LogP contribution in [0, 0.1) is 5.92 Å². The summed E-state index contributed by atoms with van der Waals surface area (Å²) in [6.07, 6.45) is 8.16. The van der Waals surface area contributed by atoms with E-state index >= 15 is 0 Å². The lowest BCUT2D eigenvalue weighted by atomic mass is 9.71. The van der Waals surface area contributed by atoms with Gasteiger partial charge in [0.2, 0.25) is 0 Å². The van der Waals surface area contributed by atoms with Gasteiger partial charge in [-0.2, -0.15) is 0 Å². The molecule has 176 valence electrons. The standard InChI is InChI=1S/C29H34N4O/c1-23-8-6-14-29(21-23,33-18-16-32(17-19-33)27-12-3-2-4-13-27)25-10-5-11-26(20-25)31-28(34)24-9-7-15-30-22-24/h2-5,7,9-13,15,20,22-23H,6,8,14,16-19,21H2,1H3,(H,31,34)/t23-,29-/m0/s1. The predicted octanol–water partition coefficient (Wildman–Crippen LogP) is 5.56. The average Bonchev–Trinajstić information content (AvgIpc) is 2.90. The maximum atomic E-state index is 12.7. The fourth-order valence-corrected chi connectivity index (χ4v) is 5.87. The maximum Gasteiger partial charge on any atom is 0.257 e. The first kappa shape index (κ1) is 22.6. The second-order valence-corrected chi connectivity index (χ2v) is 9.82. The minimum atomic E-state index is -0.118. The van der Waals surface area contributed by atoms with Crippen molar-refractivity contribution in [1.29, 1.82) is 0 Å². The number of hydrogen-bond donors (Lipinski definition) is 1. The van der Waals surface area contributed by atoms with Crippen LogP contribution in [0.1, 0.15) is 48.5 Å². The number of aromatic nitrogens is 1. The highest BCUT2D eigenvalue weighted by Gasteiger charge is 2.42. The molecule has 1 saturated heterocycles. The number of carbonyl (C=O) groups is 1. The van der Waals surface area contributed by atoms with Crippen LogP contribution in [0.4, 0.5) is 11.4 Å². The molecule has 34 heavy (non-hydrogen) atoms. The number of nitrogens with zero attached hydrogens (tertiary/aromatic N) is 3. The number of rotatable bonds is 5. The van der Waals surface area contributed by atoms with Gasteiger partial charge in [0, 0.05) is 55.5 Å². The lowest BCUT2D eigenvalue weighted by Crippen LogP contribution is -2.57. The maximum absolute atomic E-state index is 12.7. The van der Waals surface area contributed by atoms with Gasteiger partial charge in [0.05, 0.1) is 5.56 Å². The summed E-state index contributed by atoms with van der Waals surface area (Å²) in [6, 6.07) is 22.9. The van der Waals surface area contributed by atoms with Crippen LogP contribution in [0.25, 0.3) is 0 Å². The molecular weight excluding hydrogens is 420 g/mol. The Balaban J connectivity index is 1.38. The molecule has 1 saturated carbocycles. The Kier molecular flexibility index (Phi) is 6.63. The second kappa shape index (κ2) is 9.98. The summed E-state index contributed by atoms with van der Waals surface area (Å²) in [5.41, 5.74) is 4.09. The molecule has 0 unspecified atom stereocenters. The molecule has 1 aliphatic carbocycles. The molecule has 1 N–H and O–H groups in total. The van der Waals surface area contributed by atoms with E-state index in [1.807, 2.05) is 6.07 Å². The molecule has 1 aromatic heterocycles. The van der Waals surface area contributed by atoms with Gasteiger partial charge in [0.1, 0.15) is 0 Å². The van der Waals surface area contributed by atoms with Crippen LogP contribution in [0.5, 0.6) is 0 Å². The molecule has 0 bridgehead atoms. The van der Waals surface area contributed by atoms with Crippen molar-refractivity contribution in [1.82, 2.24) is 9.88 Å². The highest BCUT2D eigenvalue weighted by atomic mass is 16.1. The van der Waals surface area contributed by atoms with Crippen LogP contribution >= 0.6 is 0 Å². The monoisotopic (exact) mass is 454 g/mol. The van der Waals surface area contributed by atoms with Gasteiger partial charge in [-0.25, -0.2) is 0 Å². The minimum absolute atomic E-state index is 0.0233. The van der Waals surface area contributed by atoms with Gasteiger partial charge in [-0.15, -0.1) is 0 Å². The second-order valence-electron chi connectivity index (χ2n) is 9.82. The number of piperazine rings is 1. The fraction of sp³-hybridized carbons (Fsp3) is 0.379. The summed E-state index contributed by atoms with van der Waals surface area (Å²) in [7, 11) is 0. The molecule has 5 heteroatoms. The first-order valence-corrected chi connectivity index (χ1v) is 12.5. The summed E-state index contributed by atoms with van der Waals surface area (Å²) in [5, 5.41) is 3.09. The van der Waals surface area contributed by atoms with Crippen LogP contribution in [-0.4, -0.2) is 42.0 Å². The number of anilines is 2. The van der Waals surface area contributed by atoms with Gasteiger partial charge in [0.25, 0.3) is 5.91 Å². The molecule has 2 aromatic carbocycles. The van der Waals surface area contributed by atoms with Crippen molar-refractivity contribution in [3.63, 3.8) is 0 Å². The molecule has 2 aliphatic rings. The summed E-state index contributed by atoms with van der Waals surface area (Å²) < 4.78 is 0. The average molecular weight is 455 g/mol. The molecule has 1 amide bonds. The topological polar surface area (TPSA) is 48.5 Å². The highest BCUT2D eigenvalue weighted by molar-refractivity contribution is 6.04. The van der Waals surface area contributed by atoms with E-state index in [-0.39, 0.29) is 11.4 Å². The van der Waals surface area contributed by atoms with Gasteiger partial charge in [-0.05, 0) is 60.7 Å². The Morgan fingerprint density at radius 1 is 1.00 bits per heavy atom. The van der Waals surface area contributed by atoms with Crippen molar-refractivity contribution in [2.45, 2.75) is 38.1 Å². The molecule has 0 spiro atoms. The first-order chi connectivity index (χ1) is 16.6. The summed E-state index contributed by atoms with van der Waals surface area (Å²) in [4.78, 5) is 22.0. The molecule has 0 radical (unpaired) electrons. The number of amides is 1. The third-order valence-corrected chi connectivity index (χ3v) is 7.56. The largest absolute Gasteiger partial charge is 0.369 e. The van der Waals surface area contributed by atoms with Gasteiger partial charge < -0.3 is 10.2 Å². The van der Waals surface area contributed by atoms with Crippen molar-refractivity contribution >= 4 is 17.3 Å². The number of para-hydroxylation sites is 1. The quantitative estimate of drug-likeness (QED) is 0.548. The lowest BCUT2D eigenvalue weighted by molar-refractivity contribution is 0.0243. The molecule has 3 aromatic rings. The van der Waals surface area contributed by atoms with E-state index in [4.69, 9.17) is 0 Å². The summed E-state index contributed by atoms with van der Waals surface area (Å²) >= 11 is 0. The Hall–Kier alpha value is -3.18. The van der Waals surface area contributed by atoms with E-state index < -0.39 is 0 Å². The molecule has 2 atom stereocenters. The lowest BCUT2D eigenvalue weighted by Gasteiger charge is -2.52. The molecule has 5 rings (SSSR count). The van der Waals surface area contributed by atoms with E-state index in [0.717, 1.165) is 31.9 Å². The summed E-state index contributed by atoms with van der Waals surface area (Å²) in [6.45, 7) is 6.57. The van der Waals surface area contributed by atoms with E-state index in [1.54, 1.807) is 24.5 Å². The number of hydrogen-bond acceptors (Lipinski definition) is 4. The van der Waals surface area contributed by atoms with Crippen LogP contribution in [0.3, 0.4) is 0 Å². The smallest absolute Gasteiger partial charge is 0.257 e. The predicted molar refractivity (Wildman–Crippen MR) is 138 cm³/mol. The minimum Gasteiger partial charge on any atom is -0.369 e. The van der Waals surface area contributed by atoms with Crippen molar-refractivity contribution in [3.05, 3.63) is 90.3 Å². The third-order valence-electron chi connectivity index (χ3n) is 7.56. The van der Waals surface area contributed by atoms with Crippen molar-refractivity contribution in [2.75, 3.05) is 36.4 Å². The molecular formula is C29H34N4O. The zero-order chi connectivity index (χ0) is 23.4. The Morgan fingerprint density at radius 3 is 2.56 bits per heavy atom. The summed E-state index contributed by atoms with van der Waals surface area (Å²) in [5.74, 6) is 0.572. The van der Waals surface area contributed by atoms with E-state index in [0.29, 0.717) is 11.5 Å². The molecule has 1 aliphatic heterocycles. The molecule has 5 nitrogen and oxygen atoms in total. The van der Waals surface area contributed by atoms with Gasteiger partial charge in [0.15, 0.2) is 0 Å². The Bertz CT molecular complexity index is 1100. The van der Waals surface area contributed by atoms with Crippen molar-refractivity contribution in [2.24, 2.45) is 5.92 Å². The number of carbonyl (C=O) groups excluding carboxylic acids is 1. The fourth-order valence-electron chi connectivity index (χ4n) is 5.87. The van der Waals surface area contributed by atoms with Crippen LogP contribution < -0.4 is 10.2 Å². The Morgan fingerprint density at radius 2 is 1.82 bits per heavy atom. The SMILES string of the molecule is C[C@H]1CCC[C@](c2cccc(NC(=O)c3cccnc3)c2)(N2CCN(c3ccccc3)CC2)C1. The number of benzene rings is 2. The van der Waals surface area contributed by atoms with Crippen molar-refractivity contribution in [3.8, 4) is 0 Å². The Labute approximate surface area is 202 Å². The van der Waals surface area contributed by atoms with E-state index in [1.165, 1.54) is 36.9 Å². The normalized spacial score (nSPS) is 23.4. The van der Waals surface area contributed by atoms with E-state index in [2.05, 4.69) is 75.6 Å². The van der Waals surface area contributed by atoms with Gasteiger partial charge in [-0.1, -0.05) is 50.1 Å². The molecule has 2 fully saturated rings.